The molecule has 3 aromatic carbocycles. The zero-order valence-corrected chi connectivity index (χ0v) is 34.0. The maximum atomic E-state index is 10.1. The Morgan fingerprint density at radius 2 is 1.13 bits per heavy atom. The van der Waals surface area contributed by atoms with Gasteiger partial charge in [0.1, 0.15) is 61.0 Å². The smallest absolute Gasteiger partial charge is 0.163 e. The SMILES string of the molecule is C.C=C1c2ccc(C)cc2C=CN1[C@@H]1O[C@H](CO)C(O)[C@@H]1O.C=C1c2sccc2C=CN1[C@@H]1O[C@H](CO)C(O)[C@@H]1O.Cc1cc2ccccc2cc1[C@@H]1O[C@H](CO)C(O)[C@@H]1O. The Labute approximate surface area is 359 Å². The maximum absolute atomic E-state index is 10.1. The summed E-state index contributed by atoms with van der Waals surface area (Å²) >= 11 is 1.56. The van der Waals surface area contributed by atoms with Crippen LogP contribution >= 0.6 is 11.3 Å². The lowest BCUT2D eigenvalue weighted by molar-refractivity contribution is -0.0613. The van der Waals surface area contributed by atoms with Gasteiger partial charge in [-0.2, -0.15) is 0 Å². The minimum Gasteiger partial charge on any atom is -0.394 e. The quantitative estimate of drug-likeness (QED) is 0.136. The maximum Gasteiger partial charge on any atom is 0.163 e. The van der Waals surface area contributed by atoms with Gasteiger partial charge in [0.25, 0.3) is 0 Å². The summed E-state index contributed by atoms with van der Waals surface area (Å²) in [5, 5.41) is 91.4. The number of benzene rings is 3. The summed E-state index contributed by atoms with van der Waals surface area (Å²) in [6.45, 7) is 11.1. The largest absolute Gasteiger partial charge is 0.394 e. The van der Waals surface area contributed by atoms with E-state index in [0.717, 1.165) is 54.7 Å². The van der Waals surface area contributed by atoms with Crippen LogP contribution in [0.15, 0.2) is 91.6 Å². The first kappa shape index (κ1) is 46.2. The monoisotopic (exact) mass is 860 g/mol. The molecule has 0 radical (unpaired) electrons. The van der Waals surface area contributed by atoms with Gasteiger partial charge in [0, 0.05) is 23.7 Å². The van der Waals surface area contributed by atoms with Crippen molar-refractivity contribution < 1.29 is 60.2 Å². The summed E-state index contributed by atoms with van der Waals surface area (Å²) in [5.41, 5.74) is 7.53. The Hall–Kier alpha value is -4.30. The van der Waals surface area contributed by atoms with E-state index in [9.17, 15) is 30.6 Å². The molecule has 0 aliphatic carbocycles. The Morgan fingerprint density at radius 3 is 1.69 bits per heavy atom. The lowest BCUT2D eigenvalue weighted by Crippen LogP contribution is -2.41. The molecule has 6 heterocycles. The topological polar surface area (TPSA) is 216 Å². The van der Waals surface area contributed by atoms with Gasteiger partial charge < -0.3 is 70.0 Å². The number of hydrogen-bond donors (Lipinski definition) is 9. The molecule has 0 spiro atoms. The van der Waals surface area contributed by atoms with Crippen LogP contribution in [0.3, 0.4) is 0 Å². The Bertz CT molecular complexity index is 2240. The van der Waals surface area contributed by atoms with Crippen LogP contribution in [0, 0.1) is 13.8 Å². The highest BCUT2D eigenvalue weighted by atomic mass is 32.1. The van der Waals surface area contributed by atoms with Crippen molar-refractivity contribution in [3.05, 3.63) is 130 Å². The van der Waals surface area contributed by atoms with E-state index in [4.69, 9.17) is 29.5 Å². The summed E-state index contributed by atoms with van der Waals surface area (Å²) in [6, 6.07) is 20.0. The zero-order valence-electron chi connectivity index (χ0n) is 33.2. The number of fused-ring (bicyclic) bond motifs is 3. The first-order valence-corrected chi connectivity index (χ1v) is 20.5. The molecular weight excluding hydrogens is 805 g/mol. The van der Waals surface area contributed by atoms with Gasteiger partial charge in [-0.25, -0.2) is 0 Å². The molecule has 3 fully saturated rings. The van der Waals surface area contributed by atoms with Crippen molar-refractivity contribution in [2.75, 3.05) is 19.8 Å². The fourth-order valence-electron chi connectivity index (χ4n) is 8.06. The normalized spacial score (nSPS) is 31.3. The van der Waals surface area contributed by atoms with Crippen molar-refractivity contribution in [1.82, 2.24) is 9.80 Å². The predicted molar refractivity (Wildman–Crippen MR) is 233 cm³/mol. The van der Waals surface area contributed by atoms with Crippen molar-refractivity contribution in [1.29, 1.82) is 0 Å². The van der Waals surface area contributed by atoms with Gasteiger partial charge in [-0.1, -0.05) is 74.7 Å². The summed E-state index contributed by atoms with van der Waals surface area (Å²) in [7, 11) is 0. The molecular formula is C46H56N2O12S. The third kappa shape index (κ3) is 8.99. The van der Waals surface area contributed by atoms with Gasteiger partial charge >= 0.3 is 0 Å². The minimum absolute atomic E-state index is 0. The zero-order chi connectivity index (χ0) is 43.0. The van der Waals surface area contributed by atoms with Crippen LogP contribution in [-0.2, 0) is 14.2 Å². The van der Waals surface area contributed by atoms with Crippen molar-refractivity contribution >= 4 is 45.7 Å². The standard InChI is InChI=1S/C16H19NO4.C16H18O4.C13H15NO4S.CH4/c1-9-3-4-12-10(2)17(6-5-11(12)7-9)16-15(20)14(19)13(8-18)21-16;1-9-6-10-4-2-3-5-11(10)7-12(9)16-15(19)14(18)13(8-17)20-16;1-7-12-8(3-5-19-12)2-4-14(7)13-11(17)10(16)9(6-15)18-13;/h3-7,13-16,18-20H,2,8H2,1H3;2-7,13-19H,8H2,1H3;2-5,9-11,13,15-17H,1,6H2;1H4/t13-,14?,15+,16-;13-,14?,15+,16+;9-,10?,11+,13-;/m111./s1. The molecule has 3 unspecified atom stereocenters. The molecule has 9 rings (SSSR count). The number of rotatable bonds is 6. The Morgan fingerprint density at radius 1 is 0.607 bits per heavy atom. The van der Waals surface area contributed by atoms with E-state index in [0.29, 0.717) is 5.70 Å². The number of aliphatic hydroxyl groups is 9. The van der Waals surface area contributed by atoms with E-state index < -0.39 is 73.5 Å². The first-order valence-electron chi connectivity index (χ1n) is 19.6. The molecule has 4 aromatic rings. The molecule has 12 atom stereocenters. The third-order valence-electron chi connectivity index (χ3n) is 11.5. The molecule has 5 aliphatic rings. The molecule has 1 aromatic heterocycles. The van der Waals surface area contributed by atoms with E-state index in [-0.39, 0.29) is 27.2 Å². The van der Waals surface area contributed by atoms with E-state index in [1.165, 1.54) is 0 Å². The highest BCUT2D eigenvalue weighted by Gasteiger charge is 2.47. The fourth-order valence-corrected chi connectivity index (χ4v) is 8.92. The minimum atomic E-state index is -1.11. The summed E-state index contributed by atoms with van der Waals surface area (Å²) in [6.07, 6.45) is -3.46. The highest BCUT2D eigenvalue weighted by Crippen LogP contribution is 2.39. The molecule has 0 bridgehead atoms. The third-order valence-corrected chi connectivity index (χ3v) is 12.5. The van der Waals surface area contributed by atoms with Gasteiger partial charge in [-0.15, -0.1) is 11.3 Å². The predicted octanol–water partition coefficient (Wildman–Crippen LogP) is 3.07. The Kier molecular flexibility index (Phi) is 14.7. The van der Waals surface area contributed by atoms with Crippen LogP contribution in [0.1, 0.15) is 51.8 Å². The van der Waals surface area contributed by atoms with Crippen LogP contribution in [0.5, 0.6) is 0 Å². The second kappa shape index (κ2) is 19.4. The average molecular weight is 861 g/mol. The Balaban J connectivity index is 0.000000152. The van der Waals surface area contributed by atoms with Crippen molar-refractivity contribution in [3.8, 4) is 0 Å². The molecule has 0 saturated carbocycles. The summed E-state index contributed by atoms with van der Waals surface area (Å²) in [4.78, 5) is 4.41. The second-order valence-corrected chi connectivity index (χ2v) is 16.3. The van der Waals surface area contributed by atoms with Crippen LogP contribution < -0.4 is 0 Å². The van der Waals surface area contributed by atoms with E-state index in [1.807, 2.05) is 86.0 Å². The van der Waals surface area contributed by atoms with E-state index in [1.54, 1.807) is 33.5 Å². The van der Waals surface area contributed by atoms with Crippen LogP contribution in [0.4, 0.5) is 0 Å². The summed E-state index contributed by atoms with van der Waals surface area (Å²) < 4.78 is 16.7. The number of hydrogen-bond acceptors (Lipinski definition) is 15. The molecule has 61 heavy (non-hydrogen) atoms. The van der Waals surface area contributed by atoms with Gasteiger partial charge in [0.05, 0.1) is 30.4 Å². The second-order valence-electron chi connectivity index (χ2n) is 15.4. The summed E-state index contributed by atoms with van der Waals surface area (Å²) in [5.74, 6) is 0. The molecule has 5 aliphatic heterocycles. The fraction of sp³-hybridized carbons (Fsp3) is 0.391. The molecule has 15 heteroatoms. The van der Waals surface area contributed by atoms with Crippen molar-refractivity contribution in [2.45, 2.75) is 94.8 Å². The first-order chi connectivity index (χ1) is 28.8. The van der Waals surface area contributed by atoms with E-state index >= 15 is 0 Å². The number of aliphatic hydroxyl groups excluding tert-OH is 9. The molecule has 3 saturated heterocycles. The molecule has 328 valence electrons. The molecule has 14 nitrogen and oxygen atoms in total. The van der Waals surface area contributed by atoms with Gasteiger partial charge in [-0.3, -0.25) is 0 Å². The number of aryl methyl sites for hydroxylation is 2. The van der Waals surface area contributed by atoms with Gasteiger partial charge in [0.15, 0.2) is 12.5 Å². The van der Waals surface area contributed by atoms with Crippen molar-refractivity contribution in [2.24, 2.45) is 0 Å². The lowest BCUT2D eigenvalue weighted by atomic mass is 9.94. The number of nitrogens with zero attached hydrogens (tertiary/aromatic N) is 2. The van der Waals surface area contributed by atoms with Crippen LogP contribution in [-0.4, -0.2) is 143 Å². The van der Waals surface area contributed by atoms with Crippen LogP contribution in [0.25, 0.3) is 34.3 Å². The molecule has 0 amide bonds. The number of ether oxygens (including phenoxy) is 3. The highest BCUT2D eigenvalue weighted by molar-refractivity contribution is 7.11. The van der Waals surface area contributed by atoms with E-state index in [2.05, 4.69) is 19.2 Å². The molecule has 9 N–H and O–H groups in total. The lowest BCUT2D eigenvalue weighted by Gasteiger charge is -2.34. The van der Waals surface area contributed by atoms with Gasteiger partial charge in [0.2, 0.25) is 0 Å². The van der Waals surface area contributed by atoms with Crippen molar-refractivity contribution in [3.63, 3.8) is 0 Å². The van der Waals surface area contributed by atoms with Crippen LogP contribution in [0.2, 0.25) is 0 Å². The number of thiophene rings is 1. The van der Waals surface area contributed by atoms with Gasteiger partial charge in [-0.05, 0) is 76.5 Å². The average Bonchev–Trinajstić information content (AvgIpc) is 4.00.